The highest BCUT2D eigenvalue weighted by Gasteiger charge is 2.48. The van der Waals surface area contributed by atoms with Gasteiger partial charge >= 0.3 is 5.97 Å². The fourth-order valence-corrected chi connectivity index (χ4v) is 2.38. The minimum atomic E-state index is -0.310. The monoisotopic (exact) mass is 246 g/mol. The second-order valence-electron chi connectivity index (χ2n) is 4.81. The van der Waals surface area contributed by atoms with Gasteiger partial charge in [0.05, 0.1) is 18.6 Å². The first-order valence-corrected chi connectivity index (χ1v) is 5.99. The van der Waals surface area contributed by atoms with Crippen LogP contribution in [0, 0.1) is 11.3 Å². The van der Waals surface area contributed by atoms with Gasteiger partial charge in [-0.1, -0.05) is 13.8 Å². The third kappa shape index (κ3) is 3.96. The van der Waals surface area contributed by atoms with Crippen molar-refractivity contribution in [1.29, 1.82) is 0 Å². The van der Waals surface area contributed by atoms with Crippen molar-refractivity contribution in [3.63, 3.8) is 0 Å². The van der Waals surface area contributed by atoms with E-state index in [0.717, 1.165) is 19.3 Å². The zero-order chi connectivity index (χ0) is 13.5. The van der Waals surface area contributed by atoms with Crippen molar-refractivity contribution in [2.45, 2.75) is 39.2 Å². The highest BCUT2D eigenvalue weighted by molar-refractivity contribution is 5.77. The minimum absolute atomic E-state index is 0.0768. The summed E-state index contributed by atoms with van der Waals surface area (Å²) in [5.41, 5.74) is -0.310. The number of esters is 1. The van der Waals surface area contributed by atoms with Gasteiger partial charge in [-0.05, 0) is 25.2 Å². The Morgan fingerprint density at radius 3 is 2.06 bits per heavy atom. The normalized spacial score (nSPS) is 27.6. The van der Waals surface area contributed by atoms with Crippen molar-refractivity contribution in [2.24, 2.45) is 11.3 Å². The van der Waals surface area contributed by atoms with Crippen LogP contribution in [0.1, 0.15) is 33.1 Å². The van der Waals surface area contributed by atoms with Crippen LogP contribution in [0.25, 0.3) is 0 Å². The largest absolute Gasteiger partial charge is 0.469 e. The molecule has 4 nitrogen and oxygen atoms in total. The molecule has 2 unspecified atom stereocenters. The predicted octanol–water partition coefficient (Wildman–Crippen LogP) is 2.26. The van der Waals surface area contributed by atoms with Gasteiger partial charge in [0, 0.05) is 21.3 Å². The number of rotatable bonds is 3. The van der Waals surface area contributed by atoms with Gasteiger partial charge in [0.25, 0.3) is 0 Å². The Kier molecular flexibility index (Phi) is 7.39. The van der Waals surface area contributed by atoms with E-state index in [-0.39, 0.29) is 17.5 Å². The summed E-state index contributed by atoms with van der Waals surface area (Å²) in [4.78, 5) is 11.8. The van der Waals surface area contributed by atoms with E-state index in [1.54, 1.807) is 21.3 Å². The van der Waals surface area contributed by atoms with Crippen molar-refractivity contribution in [2.75, 3.05) is 28.4 Å². The van der Waals surface area contributed by atoms with Gasteiger partial charge in [0.1, 0.15) is 0 Å². The molecule has 0 N–H and O–H groups in total. The van der Waals surface area contributed by atoms with Crippen LogP contribution in [0.3, 0.4) is 0 Å². The Hall–Kier alpha value is -0.610. The molecule has 0 aromatic carbocycles. The first kappa shape index (κ1) is 16.4. The third-order valence-electron chi connectivity index (χ3n) is 3.53. The SMILES string of the molecule is COC.COC(=O)C1(C(C)C)CCC(OC)C1. The fourth-order valence-electron chi connectivity index (χ4n) is 2.38. The summed E-state index contributed by atoms with van der Waals surface area (Å²) >= 11 is 0. The van der Waals surface area contributed by atoms with E-state index in [1.807, 2.05) is 0 Å². The van der Waals surface area contributed by atoms with Crippen molar-refractivity contribution in [3.05, 3.63) is 0 Å². The van der Waals surface area contributed by atoms with Crippen LogP contribution in [0.2, 0.25) is 0 Å². The molecule has 0 aliphatic heterocycles. The molecule has 1 aliphatic carbocycles. The summed E-state index contributed by atoms with van der Waals surface area (Å²) < 4.78 is 14.5. The lowest BCUT2D eigenvalue weighted by atomic mass is 9.75. The van der Waals surface area contributed by atoms with Crippen LogP contribution in [0.5, 0.6) is 0 Å². The molecule has 0 amide bonds. The smallest absolute Gasteiger partial charge is 0.312 e. The zero-order valence-electron chi connectivity index (χ0n) is 11.9. The number of hydrogen-bond acceptors (Lipinski definition) is 4. The first-order valence-electron chi connectivity index (χ1n) is 5.99. The number of carbonyl (C=O) groups excluding carboxylic acids is 1. The molecular formula is C13H26O4. The van der Waals surface area contributed by atoms with Gasteiger partial charge in [-0.3, -0.25) is 4.79 Å². The maximum atomic E-state index is 11.8. The molecule has 1 aliphatic rings. The molecule has 2 atom stereocenters. The summed E-state index contributed by atoms with van der Waals surface area (Å²) in [6.07, 6.45) is 2.87. The predicted molar refractivity (Wildman–Crippen MR) is 66.9 cm³/mol. The lowest BCUT2D eigenvalue weighted by molar-refractivity contribution is -0.156. The zero-order valence-corrected chi connectivity index (χ0v) is 11.9. The standard InChI is InChI=1S/C11H20O3.C2H6O/c1-8(2)11(10(12)14-4)6-5-9(7-11)13-3;1-3-2/h8-9H,5-7H2,1-4H3;1-2H3. The van der Waals surface area contributed by atoms with E-state index in [9.17, 15) is 4.79 Å². The third-order valence-corrected chi connectivity index (χ3v) is 3.53. The molecule has 0 bridgehead atoms. The van der Waals surface area contributed by atoms with Crippen LogP contribution in [-0.2, 0) is 19.0 Å². The molecular weight excluding hydrogens is 220 g/mol. The molecule has 0 saturated heterocycles. The van der Waals surface area contributed by atoms with Crippen LogP contribution in [0.4, 0.5) is 0 Å². The lowest BCUT2D eigenvalue weighted by Crippen LogP contribution is -2.35. The van der Waals surface area contributed by atoms with Crippen molar-refractivity contribution >= 4 is 5.97 Å². The molecule has 0 aromatic heterocycles. The van der Waals surface area contributed by atoms with E-state index in [2.05, 4.69) is 18.6 Å². The molecule has 1 rings (SSSR count). The van der Waals surface area contributed by atoms with E-state index in [0.29, 0.717) is 5.92 Å². The Morgan fingerprint density at radius 2 is 1.76 bits per heavy atom. The van der Waals surface area contributed by atoms with Crippen LogP contribution in [-0.4, -0.2) is 40.5 Å². The second kappa shape index (κ2) is 7.67. The van der Waals surface area contributed by atoms with Gasteiger partial charge in [0.15, 0.2) is 0 Å². The molecule has 0 heterocycles. The summed E-state index contributed by atoms with van der Waals surface area (Å²) in [5.74, 6) is 0.238. The van der Waals surface area contributed by atoms with E-state index >= 15 is 0 Å². The van der Waals surface area contributed by atoms with Gasteiger partial charge in [-0.2, -0.15) is 0 Å². The molecule has 17 heavy (non-hydrogen) atoms. The van der Waals surface area contributed by atoms with E-state index in [1.165, 1.54) is 7.11 Å². The summed E-state index contributed by atoms with van der Waals surface area (Å²) in [7, 11) is 6.42. The Balaban J connectivity index is 0.000000770. The number of carbonyl (C=O) groups is 1. The maximum Gasteiger partial charge on any atom is 0.312 e. The van der Waals surface area contributed by atoms with Crippen LogP contribution >= 0.6 is 0 Å². The molecule has 102 valence electrons. The molecule has 0 radical (unpaired) electrons. The Morgan fingerprint density at radius 1 is 1.24 bits per heavy atom. The van der Waals surface area contributed by atoms with Gasteiger partial charge in [0.2, 0.25) is 0 Å². The minimum Gasteiger partial charge on any atom is -0.469 e. The molecule has 1 fully saturated rings. The quantitative estimate of drug-likeness (QED) is 0.717. The first-order chi connectivity index (χ1) is 7.98. The number of ether oxygens (including phenoxy) is 3. The number of methoxy groups -OCH3 is 3. The van der Waals surface area contributed by atoms with E-state index in [4.69, 9.17) is 9.47 Å². The highest BCUT2D eigenvalue weighted by Crippen LogP contribution is 2.46. The summed E-state index contributed by atoms with van der Waals surface area (Å²) in [5, 5.41) is 0. The molecule has 0 aromatic rings. The van der Waals surface area contributed by atoms with Crippen molar-refractivity contribution in [3.8, 4) is 0 Å². The average Bonchev–Trinajstić information content (AvgIpc) is 2.74. The topological polar surface area (TPSA) is 44.8 Å². The van der Waals surface area contributed by atoms with Gasteiger partial charge < -0.3 is 14.2 Å². The maximum absolute atomic E-state index is 11.8. The highest BCUT2D eigenvalue weighted by atomic mass is 16.5. The van der Waals surface area contributed by atoms with Gasteiger partial charge in [-0.25, -0.2) is 0 Å². The summed E-state index contributed by atoms with van der Waals surface area (Å²) in [6, 6.07) is 0. The fraction of sp³-hybridized carbons (Fsp3) is 0.923. The second-order valence-corrected chi connectivity index (χ2v) is 4.81. The van der Waals surface area contributed by atoms with Gasteiger partial charge in [-0.15, -0.1) is 0 Å². The van der Waals surface area contributed by atoms with Crippen molar-refractivity contribution < 1.29 is 19.0 Å². The Bertz CT molecular complexity index is 227. The lowest BCUT2D eigenvalue weighted by Gasteiger charge is -2.30. The molecule has 0 spiro atoms. The summed E-state index contributed by atoms with van der Waals surface area (Å²) in [6.45, 7) is 4.16. The van der Waals surface area contributed by atoms with Crippen molar-refractivity contribution in [1.82, 2.24) is 0 Å². The Labute approximate surface area is 105 Å². The van der Waals surface area contributed by atoms with E-state index < -0.39 is 0 Å². The van der Waals surface area contributed by atoms with Crippen LogP contribution < -0.4 is 0 Å². The molecule has 1 saturated carbocycles. The number of hydrogen-bond donors (Lipinski definition) is 0. The molecule has 4 heteroatoms. The average molecular weight is 246 g/mol. The van der Waals surface area contributed by atoms with Crippen LogP contribution in [0.15, 0.2) is 0 Å².